The molecule has 5 rings (SSSR count). The maximum Gasteiger partial charge on any atom is 0.220 e. The van der Waals surface area contributed by atoms with E-state index in [0.29, 0.717) is 18.5 Å². The van der Waals surface area contributed by atoms with Crippen LogP contribution in [0.2, 0.25) is 0 Å². The molecule has 2 aromatic heterocycles. The molecule has 168 valence electrons. The normalized spacial score (nSPS) is 21.0. The summed E-state index contributed by atoms with van der Waals surface area (Å²) < 4.78 is 2.55. The Morgan fingerprint density at radius 2 is 2.06 bits per heavy atom. The fourth-order valence-corrected chi connectivity index (χ4v) is 6.17. The summed E-state index contributed by atoms with van der Waals surface area (Å²) in [7, 11) is 1.73. The lowest BCUT2D eigenvalue weighted by molar-refractivity contribution is -0.121. The predicted molar refractivity (Wildman–Crippen MR) is 129 cm³/mol. The maximum atomic E-state index is 12.5. The number of aryl methyl sites for hydroxylation is 2. The Labute approximate surface area is 190 Å². The van der Waals surface area contributed by atoms with Gasteiger partial charge in [0, 0.05) is 72.9 Å². The lowest BCUT2D eigenvalue weighted by atomic mass is 9.94. The summed E-state index contributed by atoms with van der Waals surface area (Å²) in [6.07, 6.45) is 5.99. The van der Waals surface area contributed by atoms with Crippen molar-refractivity contribution >= 4 is 16.8 Å². The highest BCUT2D eigenvalue weighted by Gasteiger charge is 2.42. The molecule has 0 radical (unpaired) electrons. The van der Waals surface area contributed by atoms with E-state index in [4.69, 9.17) is 0 Å². The fraction of sp³-hybridized carbons (Fsp3) is 0.481. The first kappa shape index (κ1) is 21.2. The van der Waals surface area contributed by atoms with Crippen LogP contribution in [0.5, 0.6) is 0 Å². The zero-order chi connectivity index (χ0) is 22.4. The van der Waals surface area contributed by atoms with Crippen LogP contribution in [-0.2, 0) is 17.8 Å². The number of benzene rings is 1. The van der Waals surface area contributed by atoms with Gasteiger partial charge < -0.3 is 9.88 Å². The number of hydrogen-bond donors (Lipinski definition) is 1. The number of nitrogens with zero attached hydrogens (tertiary/aromatic N) is 3. The summed E-state index contributed by atoms with van der Waals surface area (Å²) in [5, 5.41) is 4.24. The Balaban J connectivity index is 1.64. The van der Waals surface area contributed by atoms with Crippen molar-refractivity contribution in [3.8, 4) is 0 Å². The van der Waals surface area contributed by atoms with E-state index in [0.717, 1.165) is 25.2 Å². The molecule has 0 spiro atoms. The van der Waals surface area contributed by atoms with E-state index in [1.165, 1.54) is 40.6 Å². The molecule has 1 saturated heterocycles. The molecule has 5 nitrogen and oxygen atoms in total. The molecule has 32 heavy (non-hydrogen) atoms. The summed E-state index contributed by atoms with van der Waals surface area (Å²) in [6.45, 7) is 8.44. The highest BCUT2D eigenvalue weighted by Crippen LogP contribution is 2.48. The van der Waals surface area contributed by atoms with Crippen molar-refractivity contribution < 1.29 is 4.79 Å². The topological polar surface area (TPSA) is 50.2 Å². The van der Waals surface area contributed by atoms with Gasteiger partial charge in [-0.3, -0.25) is 14.7 Å². The van der Waals surface area contributed by atoms with Gasteiger partial charge in [0.25, 0.3) is 0 Å². The third-order valence-corrected chi connectivity index (χ3v) is 7.65. The molecule has 3 atom stereocenters. The largest absolute Gasteiger partial charge is 0.359 e. The molecule has 1 N–H and O–H groups in total. The number of fused-ring (bicyclic) bond motifs is 6. The van der Waals surface area contributed by atoms with Gasteiger partial charge in [0.15, 0.2) is 0 Å². The van der Waals surface area contributed by atoms with Crippen LogP contribution in [0, 0.1) is 13.8 Å². The van der Waals surface area contributed by atoms with E-state index in [2.05, 4.69) is 63.9 Å². The maximum absolute atomic E-state index is 12.5. The molecule has 2 aliphatic heterocycles. The van der Waals surface area contributed by atoms with Crippen LogP contribution in [0.25, 0.3) is 10.9 Å². The average molecular weight is 431 g/mol. The number of pyridine rings is 1. The van der Waals surface area contributed by atoms with Gasteiger partial charge in [0.1, 0.15) is 0 Å². The highest BCUT2D eigenvalue weighted by atomic mass is 16.1. The highest BCUT2D eigenvalue weighted by molar-refractivity contribution is 5.87. The number of carbonyl (C=O) groups is 1. The molecule has 1 amide bonds. The van der Waals surface area contributed by atoms with Crippen molar-refractivity contribution in [2.75, 3.05) is 13.6 Å². The molecule has 1 aromatic carbocycles. The first-order chi connectivity index (χ1) is 15.5. The van der Waals surface area contributed by atoms with Crippen molar-refractivity contribution in [2.24, 2.45) is 0 Å². The number of carbonyl (C=O) groups excluding carboxylic acids is 1. The standard InChI is InChI=1S/C27H34N4O/c1-5-30-21-7-9-24(30)27-22-12-17(2)6-8-23(22)31(25(27)15-21)16-20(14-26(32)28-4)19-10-11-29-18(3)13-19/h6,8,10-13,20-21,24H,5,7,9,14-16H2,1-4H3,(H,28,32). The van der Waals surface area contributed by atoms with E-state index in [-0.39, 0.29) is 11.8 Å². The average Bonchev–Trinajstić information content (AvgIpc) is 3.25. The first-order valence-corrected chi connectivity index (χ1v) is 12.0. The Morgan fingerprint density at radius 1 is 1.22 bits per heavy atom. The van der Waals surface area contributed by atoms with Gasteiger partial charge in [-0.25, -0.2) is 0 Å². The monoisotopic (exact) mass is 430 g/mol. The molecule has 1 fully saturated rings. The second kappa shape index (κ2) is 8.36. The van der Waals surface area contributed by atoms with Gasteiger partial charge in [-0.2, -0.15) is 0 Å². The number of nitrogens with one attached hydrogen (secondary N) is 1. The SMILES string of the molecule is CCN1C2CCC1c1c(n(CC(CC(=O)NC)c3ccnc(C)c3)c3ccc(C)cc13)C2. The number of amides is 1. The summed E-state index contributed by atoms with van der Waals surface area (Å²) in [5.74, 6) is 0.197. The second-order valence-electron chi connectivity index (χ2n) is 9.58. The van der Waals surface area contributed by atoms with Crippen molar-refractivity contribution in [2.45, 2.75) is 71.0 Å². The minimum absolute atomic E-state index is 0.0860. The second-order valence-corrected chi connectivity index (χ2v) is 9.58. The fourth-order valence-electron chi connectivity index (χ4n) is 6.17. The summed E-state index contributed by atoms with van der Waals surface area (Å²) in [4.78, 5) is 19.6. The zero-order valence-electron chi connectivity index (χ0n) is 19.7. The van der Waals surface area contributed by atoms with Crippen LogP contribution >= 0.6 is 0 Å². The van der Waals surface area contributed by atoms with Crippen molar-refractivity contribution in [3.63, 3.8) is 0 Å². The number of aromatic nitrogens is 2. The predicted octanol–water partition coefficient (Wildman–Crippen LogP) is 4.65. The van der Waals surface area contributed by atoms with E-state index >= 15 is 0 Å². The van der Waals surface area contributed by atoms with E-state index < -0.39 is 0 Å². The van der Waals surface area contributed by atoms with Crippen LogP contribution in [0.4, 0.5) is 0 Å². The molecule has 2 bridgehead atoms. The summed E-state index contributed by atoms with van der Waals surface area (Å²) in [6, 6.07) is 12.3. The van der Waals surface area contributed by atoms with E-state index in [1.54, 1.807) is 12.6 Å². The van der Waals surface area contributed by atoms with Crippen LogP contribution < -0.4 is 5.32 Å². The molecule has 3 unspecified atom stereocenters. The third kappa shape index (κ3) is 3.53. The first-order valence-electron chi connectivity index (χ1n) is 12.0. The molecule has 3 aromatic rings. The molecular weight excluding hydrogens is 396 g/mol. The van der Waals surface area contributed by atoms with Crippen LogP contribution in [-0.4, -0.2) is 40.0 Å². The van der Waals surface area contributed by atoms with Gasteiger partial charge >= 0.3 is 0 Å². The van der Waals surface area contributed by atoms with E-state index in [1.807, 2.05) is 13.1 Å². The van der Waals surface area contributed by atoms with Gasteiger partial charge in [-0.1, -0.05) is 18.6 Å². The number of rotatable bonds is 6. The zero-order valence-corrected chi connectivity index (χ0v) is 19.7. The summed E-state index contributed by atoms with van der Waals surface area (Å²) >= 11 is 0. The van der Waals surface area contributed by atoms with Gasteiger partial charge in [-0.05, 0) is 68.6 Å². The van der Waals surface area contributed by atoms with Crippen molar-refractivity contribution in [1.82, 2.24) is 19.8 Å². The smallest absolute Gasteiger partial charge is 0.220 e. The lowest BCUT2D eigenvalue weighted by Crippen LogP contribution is -2.37. The number of likely N-dealkylation sites (N-methyl/N-ethyl adjacent to an activating group) is 1. The minimum Gasteiger partial charge on any atom is -0.359 e. The lowest BCUT2D eigenvalue weighted by Gasteiger charge is -2.35. The van der Waals surface area contributed by atoms with Crippen LogP contribution in [0.3, 0.4) is 0 Å². The molecule has 0 saturated carbocycles. The van der Waals surface area contributed by atoms with Gasteiger partial charge in [0.05, 0.1) is 0 Å². The van der Waals surface area contributed by atoms with Gasteiger partial charge in [0.2, 0.25) is 5.91 Å². The van der Waals surface area contributed by atoms with Gasteiger partial charge in [-0.15, -0.1) is 0 Å². The quantitative estimate of drug-likeness (QED) is 0.619. The Kier molecular flexibility index (Phi) is 5.54. The molecule has 5 heteroatoms. The molecule has 2 aliphatic rings. The van der Waals surface area contributed by atoms with Crippen LogP contribution in [0.15, 0.2) is 36.5 Å². The van der Waals surface area contributed by atoms with Crippen molar-refractivity contribution in [1.29, 1.82) is 0 Å². The number of hydrogen-bond acceptors (Lipinski definition) is 3. The van der Waals surface area contributed by atoms with Crippen molar-refractivity contribution in [3.05, 3.63) is 64.6 Å². The van der Waals surface area contributed by atoms with Crippen LogP contribution in [0.1, 0.15) is 66.2 Å². The molecular formula is C27H34N4O. The molecule has 0 aliphatic carbocycles. The Hall–Kier alpha value is -2.66. The van der Waals surface area contributed by atoms with E-state index in [9.17, 15) is 4.79 Å². The Morgan fingerprint density at radius 3 is 2.81 bits per heavy atom. The Bertz CT molecular complexity index is 1160. The minimum atomic E-state index is 0.0860. The third-order valence-electron chi connectivity index (χ3n) is 7.65. The summed E-state index contributed by atoms with van der Waals surface area (Å²) in [5.41, 5.74) is 7.86. The molecule has 4 heterocycles.